The van der Waals surface area contributed by atoms with E-state index in [9.17, 15) is 28.8 Å². The molecule has 0 aromatic carbocycles. The maximum absolute atomic E-state index is 13.4. The van der Waals surface area contributed by atoms with E-state index in [2.05, 4.69) is 27.7 Å². The normalized spacial score (nSPS) is 11.9. The van der Waals surface area contributed by atoms with Crippen LogP contribution in [0.4, 0.5) is 0 Å². The van der Waals surface area contributed by atoms with Gasteiger partial charge in [-0.05, 0) is 65.1 Å². The summed E-state index contributed by atoms with van der Waals surface area (Å²) in [6.45, 7) is 8.56. The van der Waals surface area contributed by atoms with Crippen LogP contribution in [0.5, 0.6) is 0 Å². The summed E-state index contributed by atoms with van der Waals surface area (Å²) in [5.74, 6) is -2.74. The van der Waals surface area contributed by atoms with Gasteiger partial charge >= 0.3 is 35.8 Å². The Labute approximate surface area is 382 Å². The van der Waals surface area contributed by atoms with Gasteiger partial charge in [-0.1, -0.05) is 137 Å². The first-order valence-electron chi connectivity index (χ1n) is 25.0. The third-order valence-corrected chi connectivity index (χ3v) is 11.1. The van der Waals surface area contributed by atoms with Crippen LogP contribution in [0.2, 0.25) is 0 Å². The molecule has 0 bridgehead atoms. The second kappa shape index (κ2) is 41.5. The van der Waals surface area contributed by atoms with Crippen molar-refractivity contribution in [1.82, 2.24) is 4.90 Å². The SMILES string of the molecule is CCCCCCCCOC(=O)CCCC(=O)OCC(COC(=O)CCCC(=O)OCCCCCCCC)(COC(=O)CCCN(C)C)COC(=O)CC(CCC)CCCCCCC. The maximum atomic E-state index is 13.4. The monoisotopic (exact) mass is 898 g/mol. The maximum Gasteiger partial charge on any atom is 0.306 e. The third-order valence-electron chi connectivity index (χ3n) is 11.1. The molecule has 0 N–H and O–H groups in total. The van der Waals surface area contributed by atoms with Crippen molar-refractivity contribution in [3.8, 4) is 0 Å². The molecule has 368 valence electrons. The average Bonchev–Trinajstić information content (AvgIpc) is 3.25. The van der Waals surface area contributed by atoms with Crippen molar-refractivity contribution in [2.45, 2.75) is 214 Å². The van der Waals surface area contributed by atoms with Crippen molar-refractivity contribution in [2.24, 2.45) is 11.3 Å². The lowest BCUT2D eigenvalue weighted by molar-refractivity contribution is -0.171. The van der Waals surface area contributed by atoms with Crippen molar-refractivity contribution < 1.29 is 57.2 Å². The van der Waals surface area contributed by atoms with Crippen LogP contribution in [-0.4, -0.2) is 101 Å². The average molecular weight is 898 g/mol. The molecule has 0 aromatic rings. The first kappa shape index (κ1) is 59.8. The Balaban J connectivity index is 5.76. The molecule has 0 amide bonds. The van der Waals surface area contributed by atoms with Crippen molar-refractivity contribution >= 4 is 35.8 Å². The lowest BCUT2D eigenvalue weighted by Gasteiger charge is -2.32. The van der Waals surface area contributed by atoms with E-state index < -0.39 is 29.3 Å². The van der Waals surface area contributed by atoms with E-state index in [1.807, 2.05) is 19.0 Å². The molecule has 0 rings (SSSR count). The molecule has 0 saturated heterocycles. The molecule has 0 aliphatic carbocycles. The molecule has 1 unspecified atom stereocenters. The Morgan fingerprint density at radius 2 is 0.730 bits per heavy atom. The molecule has 0 heterocycles. The van der Waals surface area contributed by atoms with E-state index >= 15 is 0 Å². The fourth-order valence-corrected chi connectivity index (χ4v) is 7.06. The number of esters is 6. The smallest absolute Gasteiger partial charge is 0.306 e. The molecule has 0 aromatic heterocycles. The molecular formula is C50H91NO12. The Morgan fingerprint density at radius 1 is 0.381 bits per heavy atom. The minimum Gasteiger partial charge on any atom is -0.466 e. The van der Waals surface area contributed by atoms with Gasteiger partial charge in [0.05, 0.1) is 13.2 Å². The number of nitrogens with zero attached hydrogens (tertiary/aromatic N) is 1. The highest BCUT2D eigenvalue weighted by molar-refractivity contribution is 5.73. The van der Waals surface area contributed by atoms with E-state index in [-0.39, 0.29) is 95.7 Å². The highest BCUT2D eigenvalue weighted by Gasteiger charge is 2.38. The lowest BCUT2D eigenvalue weighted by atomic mass is 9.91. The molecule has 0 aliphatic rings. The zero-order valence-corrected chi connectivity index (χ0v) is 40.9. The van der Waals surface area contributed by atoms with E-state index in [1.165, 1.54) is 51.4 Å². The predicted octanol–water partition coefficient (Wildman–Crippen LogP) is 10.8. The summed E-state index contributed by atoms with van der Waals surface area (Å²) in [4.78, 5) is 79.1. The van der Waals surface area contributed by atoms with Crippen molar-refractivity contribution in [1.29, 1.82) is 0 Å². The zero-order chi connectivity index (χ0) is 46.8. The number of hydrogen-bond donors (Lipinski definition) is 0. The Morgan fingerprint density at radius 3 is 1.13 bits per heavy atom. The number of ether oxygens (including phenoxy) is 6. The second-order valence-corrected chi connectivity index (χ2v) is 17.8. The van der Waals surface area contributed by atoms with Gasteiger partial charge in [-0.25, -0.2) is 0 Å². The summed E-state index contributed by atoms with van der Waals surface area (Å²) in [5, 5.41) is 0. The second-order valence-electron chi connectivity index (χ2n) is 17.8. The molecule has 1 atom stereocenters. The molecule has 13 heteroatoms. The topological polar surface area (TPSA) is 161 Å². The summed E-state index contributed by atoms with van der Waals surface area (Å²) in [5.41, 5.74) is -1.41. The van der Waals surface area contributed by atoms with E-state index in [0.29, 0.717) is 26.2 Å². The van der Waals surface area contributed by atoms with Crippen LogP contribution in [0.15, 0.2) is 0 Å². The molecule has 13 nitrogen and oxygen atoms in total. The molecule has 0 spiro atoms. The number of hydrogen-bond acceptors (Lipinski definition) is 13. The van der Waals surface area contributed by atoms with Crippen LogP contribution in [0.25, 0.3) is 0 Å². The predicted molar refractivity (Wildman–Crippen MR) is 247 cm³/mol. The van der Waals surface area contributed by atoms with E-state index in [4.69, 9.17) is 28.4 Å². The quantitative estimate of drug-likeness (QED) is 0.0323. The van der Waals surface area contributed by atoms with E-state index in [0.717, 1.165) is 77.0 Å². The largest absolute Gasteiger partial charge is 0.466 e. The van der Waals surface area contributed by atoms with Gasteiger partial charge in [0.15, 0.2) is 0 Å². The molecule has 0 aliphatic heterocycles. The van der Waals surface area contributed by atoms with Crippen LogP contribution < -0.4 is 0 Å². The minimum atomic E-state index is -1.41. The molecule has 0 saturated carbocycles. The number of rotatable bonds is 44. The molecular weight excluding hydrogens is 807 g/mol. The summed E-state index contributed by atoms with van der Waals surface area (Å²) in [7, 11) is 3.81. The molecule has 0 radical (unpaired) electrons. The fraction of sp³-hybridized carbons (Fsp3) is 0.880. The number of carbonyl (C=O) groups is 6. The zero-order valence-electron chi connectivity index (χ0n) is 40.9. The standard InChI is InChI=1S/C50H91NO12/c1-7-11-14-17-20-23-36-58-44(52)30-25-32-46(54)60-39-50(41-62-48(56)34-27-35-51(5)6,42-63-49(57)38-43(28-10-4)29-22-19-16-13-9-3)40-61-47(55)33-26-31-45(53)59-37-24-21-18-15-12-8-2/h43H,7-42H2,1-6H3. The van der Waals surface area contributed by atoms with Crippen molar-refractivity contribution in [2.75, 3.05) is 60.3 Å². The van der Waals surface area contributed by atoms with Gasteiger partial charge in [-0.15, -0.1) is 0 Å². The minimum absolute atomic E-state index is 0.0555. The molecule has 0 fully saturated rings. The van der Waals surface area contributed by atoms with Gasteiger partial charge in [0.2, 0.25) is 0 Å². The Bertz CT molecular complexity index is 1140. The summed E-state index contributed by atoms with van der Waals surface area (Å²) >= 11 is 0. The summed E-state index contributed by atoms with van der Waals surface area (Å²) in [6, 6.07) is 0. The first-order chi connectivity index (χ1) is 30.4. The number of carbonyl (C=O) groups excluding carboxylic acids is 6. The highest BCUT2D eigenvalue weighted by atomic mass is 16.6. The van der Waals surface area contributed by atoms with Crippen LogP contribution in [0, 0.1) is 11.3 Å². The molecule has 63 heavy (non-hydrogen) atoms. The van der Waals surface area contributed by atoms with Gasteiger partial charge in [-0.2, -0.15) is 0 Å². The van der Waals surface area contributed by atoms with Crippen LogP contribution >= 0.6 is 0 Å². The first-order valence-corrected chi connectivity index (χ1v) is 25.0. The Kier molecular flexibility index (Phi) is 39.4. The van der Waals surface area contributed by atoms with Gasteiger partial charge in [0, 0.05) is 38.5 Å². The Hall–Kier alpha value is -3.22. The number of unbranched alkanes of at least 4 members (excludes halogenated alkanes) is 14. The van der Waals surface area contributed by atoms with Crippen LogP contribution in [-0.2, 0) is 57.2 Å². The van der Waals surface area contributed by atoms with Gasteiger partial charge in [-0.3, -0.25) is 28.8 Å². The third kappa shape index (κ3) is 37.8. The van der Waals surface area contributed by atoms with Crippen LogP contribution in [0.1, 0.15) is 214 Å². The van der Waals surface area contributed by atoms with Gasteiger partial charge in [0.1, 0.15) is 31.8 Å². The van der Waals surface area contributed by atoms with Crippen molar-refractivity contribution in [3.63, 3.8) is 0 Å². The lowest BCUT2D eigenvalue weighted by Crippen LogP contribution is -2.44. The van der Waals surface area contributed by atoms with Gasteiger partial charge in [0.25, 0.3) is 0 Å². The summed E-state index contributed by atoms with van der Waals surface area (Å²) < 4.78 is 33.7. The fourth-order valence-electron chi connectivity index (χ4n) is 7.06. The van der Waals surface area contributed by atoms with Crippen molar-refractivity contribution in [3.05, 3.63) is 0 Å². The van der Waals surface area contributed by atoms with E-state index in [1.54, 1.807) is 0 Å². The highest BCUT2D eigenvalue weighted by Crippen LogP contribution is 2.25. The van der Waals surface area contributed by atoms with Crippen LogP contribution in [0.3, 0.4) is 0 Å². The van der Waals surface area contributed by atoms with Gasteiger partial charge < -0.3 is 33.3 Å². The summed E-state index contributed by atoms with van der Waals surface area (Å²) in [6.07, 6.45) is 22.6.